The quantitative estimate of drug-likeness (QED) is 0.839. The summed E-state index contributed by atoms with van der Waals surface area (Å²) in [5, 5.41) is 11.9. The van der Waals surface area contributed by atoms with E-state index in [9.17, 15) is 4.79 Å². The van der Waals surface area contributed by atoms with Gasteiger partial charge in [0, 0.05) is 37.0 Å². The zero-order chi connectivity index (χ0) is 17.9. The number of rotatable bonds is 6. The van der Waals surface area contributed by atoms with Crippen molar-refractivity contribution in [2.24, 2.45) is 5.92 Å². The maximum atomic E-state index is 12.6. The van der Waals surface area contributed by atoms with Gasteiger partial charge < -0.3 is 10.4 Å². The fourth-order valence-electron chi connectivity index (χ4n) is 4.35. The Morgan fingerprint density at radius 3 is 2.65 bits per heavy atom. The third kappa shape index (κ3) is 3.81. The molecule has 2 aliphatic rings. The lowest BCUT2D eigenvalue weighted by molar-refractivity contribution is 0.102. The highest BCUT2D eigenvalue weighted by Crippen LogP contribution is 2.38. The summed E-state index contributed by atoms with van der Waals surface area (Å²) in [5.74, 6) is 0.810. The van der Waals surface area contributed by atoms with E-state index in [2.05, 4.69) is 16.3 Å². The van der Waals surface area contributed by atoms with Crippen molar-refractivity contribution >= 4 is 11.6 Å². The van der Waals surface area contributed by atoms with Crippen molar-refractivity contribution in [3.05, 3.63) is 65.2 Å². The van der Waals surface area contributed by atoms with Crippen LogP contribution in [0.25, 0.3) is 0 Å². The number of aliphatic hydroxyl groups excluding tert-OH is 1. The van der Waals surface area contributed by atoms with Crippen LogP contribution in [-0.2, 0) is 13.0 Å². The predicted octanol–water partition coefficient (Wildman–Crippen LogP) is 3.46. The summed E-state index contributed by atoms with van der Waals surface area (Å²) in [6, 6.07) is 16.4. The zero-order valence-corrected chi connectivity index (χ0v) is 15.0. The molecular weight excluding hydrogens is 324 g/mol. The average Bonchev–Trinajstić information content (AvgIpc) is 3.27. The lowest BCUT2D eigenvalue weighted by atomic mass is 10.1. The third-order valence-corrected chi connectivity index (χ3v) is 5.71. The van der Waals surface area contributed by atoms with Crippen molar-refractivity contribution in [1.82, 2.24) is 4.90 Å². The number of hydrogen-bond acceptors (Lipinski definition) is 3. The molecule has 2 aromatic carbocycles. The maximum Gasteiger partial charge on any atom is 0.255 e. The molecule has 0 unspecified atom stereocenters. The average molecular weight is 350 g/mol. The van der Waals surface area contributed by atoms with E-state index in [1.54, 1.807) is 0 Å². The van der Waals surface area contributed by atoms with Gasteiger partial charge in [-0.1, -0.05) is 24.3 Å². The molecule has 1 aliphatic carbocycles. The summed E-state index contributed by atoms with van der Waals surface area (Å²) in [5.41, 5.74) is 3.75. The number of aliphatic hydroxyl groups is 1. The first-order valence-electron chi connectivity index (χ1n) is 9.55. The van der Waals surface area contributed by atoms with Gasteiger partial charge in [-0.2, -0.15) is 0 Å². The highest BCUT2D eigenvalue weighted by Gasteiger charge is 2.37. The Labute approximate surface area is 154 Å². The van der Waals surface area contributed by atoms with Crippen molar-refractivity contribution in [3.8, 4) is 0 Å². The van der Waals surface area contributed by atoms with E-state index < -0.39 is 0 Å². The summed E-state index contributed by atoms with van der Waals surface area (Å²) in [6.07, 6.45) is 4.71. The number of nitrogens with one attached hydrogen (secondary N) is 1. The molecule has 136 valence electrons. The fraction of sp³-hybridized carbons (Fsp3) is 0.409. The second-order valence-corrected chi connectivity index (χ2v) is 7.59. The molecule has 2 fully saturated rings. The van der Waals surface area contributed by atoms with Crippen LogP contribution in [0.5, 0.6) is 0 Å². The number of likely N-dealkylation sites (tertiary alicyclic amines) is 1. The first kappa shape index (κ1) is 17.3. The number of fused-ring (bicyclic) bond motifs is 2. The molecule has 1 aliphatic heterocycles. The van der Waals surface area contributed by atoms with Crippen LogP contribution >= 0.6 is 0 Å². The predicted molar refractivity (Wildman–Crippen MR) is 103 cm³/mol. The van der Waals surface area contributed by atoms with Crippen LogP contribution in [0.4, 0.5) is 5.69 Å². The van der Waals surface area contributed by atoms with Crippen LogP contribution in [-0.4, -0.2) is 35.1 Å². The third-order valence-electron chi connectivity index (χ3n) is 5.71. The Bertz CT molecular complexity index is 772. The summed E-state index contributed by atoms with van der Waals surface area (Å²) >= 11 is 0. The first-order chi connectivity index (χ1) is 12.7. The van der Waals surface area contributed by atoms with Crippen LogP contribution in [0.3, 0.4) is 0 Å². The smallest absolute Gasteiger partial charge is 0.255 e. The molecule has 2 bridgehead atoms. The minimum atomic E-state index is -0.0790. The van der Waals surface area contributed by atoms with E-state index in [1.165, 1.54) is 31.4 Å². The topological polar surface area (TPSA) is 52.6 Å². The van der Waals surface area contributed by atoms with Gasteiger partial charge in [0.25, 0.3) is 5.91 Å². The van der Waals surface area contributed by atoms with Crippen molar-refractivity contribution in [3.63, 3.8) is 0 Å². The molecule has 1 saturated carbocycles. The molecule has 4 nitrogen and oxygen atoms in total. The molecule has 0 radical (unpaired) electrons. The van der Waals surface area contributed by atoms with Crippen LogP contribution in [0.2, 0.25) is 0 Å². The second kappa shape index (κ2) is 7.60. The van der Waals surface area contributed by atoms with Crippen molar-refractivity contribution in [2.45, 2.75) is 38.3 Å². The standard InChI is InChI=1S/C22H26N2O2/c25-11-10-16-4-7-20(8-5-16)23-22(26)19-3-1-2-17(12-19)14-24-15-18-6-9-21(24)13-18/h1-5,7-8,12,18,21,25H,6,9-11,13-15H2,(H,23,26)/t18-,21-/m0/s1. The van der Waals surface area contributed by atoms with E-state index in [0.29, 0.717) is 12.0 Å². The molecule has 1 amide bonds. The SMILES string of the molecule is O=C(Nc1ccc(CCO)cc1)c1cccc(CN2C[C@H]3CC[C@H]2C3)c1. The Kier molecular flexibility index (Phi) is 5.05. The lowest BCUT2D eigenvalue weighted by Gasteiger charge is -2.26. The van der Waals surface area contributed by atoms with Gasteiger partial charge in [0.15, 0.2) is 0 Å². The van der Waals surface area contributed by atoms with E-state index in [1.807, 2.05) is 42.5 Å². The number of piperidine rings is 1. The highest BCUT2D eigenvalue weighted by molar-refractivity contribution is 6.04. The van der Waals surface area contributed by atoms with Crippen LogP contribution in [0, 0.1) is 5.92 Å². The van der Waals surface area contributed by atoms with E-state index in [-0.39, 0.29) is 12.5 Å². The highest BCUT2D eigenvalue weighted by atomic mass is 16.3. The fourth-order valence-corrected chi connectivity index (χ4v) is 4.35. The van der Waals surface area contributed by atoms with Gasteiger partial charge in [0.05, 0.1) is 0 Å². The summed E-state index contributed by atoms with van der Waals surface area (Å²) in [4.78, 5) is 15.2. The summed E-state index contributed by atoms with van der Waals surface area (Å²) < 4.78 is 0. The summed E-state index contributed by atoms with van der Waals surface area (Å²) in [7, 11) is 0. The number of carbonyl (C=O) groups excluding carboxylic acids is 1. The van der Waals surface area contributed by atoms with Gasteiger partial charge in [-0.15, -0.1) is 0 Å². The maximum absolute atomic E-state index is 12.6. The molecule has 2 N–H and O–H groups in total. The molecule has 2 atom stereocenters. The monoisotopic (exact) mass is 350 g/mol. The zero-order valence-electron chi connectivity index (χ0n) is 15.0. The normalized spacial score (nSPS) is 21.9. The van der Waals surface area contributed by atoms with Gasteiger partial charge in [-0.25, -0.2) is 0 Å². The van der Waals surface area contributed by atoms with E-state index >= 15 is 0 Å². The minimum Gasteiger partial charge on any atom is -0.396 e. The molecule has 1 saturated heterocycles. The molecule has 4 heteroatoms. The van der Waals surface area contributed by atoms with Gasteiger partial charge in [-0.3, -0.25) is 9.69 Å². The van der Waals surface area contributed by atoms with Gasteiger partial charge in [0.2, 0.25) is 0 Å². The number of anilines is 1. The van der Waals surface area contributed by atoms with E-state index in [4.69, 9.17) is 5.11 Å². The molecule has 2 aromatic rings. The molecule has 1 heterocycles. The van der Waals surface area contributed by atoms with Crippen LogP contribution in [0.1, 0.15) is 40.7 Å². The van der Waals surface area contributed by atoms with Crippen LogP contribution < -0.4 is 5.32 Å². The van der Waals surface area contributed by atoms with Crippen molar-refractivity contribution in [2.75, 3.05) is 18.5 Å². The first-order valence-corrected chi connectivity index (χ1v) is 9.55. The lowest BCUT2D eigenvalue weighted by Crippen LogP contribution is -2.31. The minimum absolute atomic E-state index is 0.0790. The Hall–Kier alpha value is -2.17. The van der Waals surface area contributed by atoms with Crippen molar-refractivity contribution < 1.29 is 9.90 Å². The second-order valence-electron chi connectivity index (χ2n) is 7.59. The van der Waals surface area contributed by atoms with Gasteiger partial charge in [-0.05, 0) is 67.0 Å². The molecule has 0 spiro atoms. The van der Waals surface area contributed by atoms with Gasteiger partial charge >= 0.3 is 0 Å². The largest absolute Gasteiger partial charge is 0.396 e. The summed E-state index contributed by atoms with van der Waals surface area (Å²) in [6.45, 7) is 2.29. The number of carbonyl (C=O) groups is 1. The number of nitrogens with zero attached hydrogens (tertiary/aromatic N) is 1. The molecule has 26 heavy (non-hydrogen) atoms. The number of hydrogen-bond donors (Lipinski definition) is 2. The van der Waals surface area contributed by atoms with Crippen LogP contribution in [0.15, 0.2) is 48.5 Å². The Morgan fingerprint density at radius 1 is 1.12 bits per heavy atom. The number of benzene rings is 2. The number of amides is 1. The Balaban J connectivity index is 1.40. The molecule has 0 aromatic heterocycles. The molecular formula is C22H26N2O2. The molecule has 4 rings (SSSR count). The van der Waals surface area contributed by atoms with Gasteiger partial charge in [0.1, 0.15) is 0 Å². The van der Waals surface area contributed by atoms with E-state index in [0.717, 1.165) is 29.8 Å². The Morgan fingerprint density at radius 2 is 1.96 bits per heavy atom. The van der Waals surface area contributed by atoms with Crippen molar-refractivity contribution in [1.29, 1.82) is 0 Å².